The topological polar surface area (TPSA) is 111 Å². The zero-order valence-electron chi connectivity index (χ0n) is 25.7. The number of carbonyl (C=O) groups excluding carboxylic acids is 4. The lowest BCUT2D eigenvalue weighted by molar-refractivity contribution is -0.137. The van der Waals surface area contributed by atoms with E-state index < -0.39 is 23.8 Å². The number of esters is 2. The lowest BCUT2D eigenvalue weighted by atomic mass is 9.67. The van der Waals surface area contributed by atoms with Crippen LogP contribution in [0.4, 0.5) is 0 Å². The van der Waals surface area contributed by atoms with Gasteiger partial charge in [0.15, 0.2) is 11.6 Å². The fourth-order valence-electron chi connectivity index (χ4n) is 7.22. The molecule has 0 saturated carbocycles. The van der Waals surface area contributed by atoms with E-state index >= 15 is 0 Å². The predicted molar refractivity (Wildman–Crippen MR) is 158 cm³/mol. The maximum absolute atomic E-state index is 13.7. The Balaban J connectivity index is 1.72. The molecule has 0 radical (unpaired) electrons. The summed E-state index contributed by atoms with van der Waals surface area (Å²) in [6, 6.07) is 7.57. The summed E-state index contributed by atoms with van der Waals surface area (Å²) < 4.78 is 10.4. The third-order valence-electron chi connectivity index (χ3n) is 8.87. The molecular formula is C34H40N2O6. The average molecular weight is 573 g/mol. The third-order valence-corrected chi connectivity index (χ3v) is 8.87. The fraction of sp³-hybridized carbons (Fsp3) is 0.471. The highest BCUT2D eigenvalue weighted by Crippen LogP contribution is 2.50. The molecule has 2 aliphatic carbocycles. The Labute approximate surface area is 247 Å². The first kappa shape index (κ1) is 29.5. The van der Waals surface area contributed by atoms with Gasteiger partial charge < -0.3 is 20.1 Å². The highest BCUT2D eigenvalue weighted by Gasteiger charge is 2.45. The maximum Gasteiger partial charge on any atom is 0.336 e. The Kier molecular flexibility index (Phi) is 7.32. The van der Waals surface area contributed by atoms with Crippen LogP contribution < -0.4 is 10.6 Å². The first-order valence-corrected chi connectivity index (χ1v) is 14.4. The largest absolute Gasteiger partial charge is 0.466 e. The van der Waals surface area contributed by atoms with E-state index in [1.807, 2.05) is 38.1 Å². The molecule has 2 unspecified atom stereocenters. The number of ketones is 2. The zero-order chi connectivity index (χ0) is 30.7. The molecule has 0 aromatic heterocycles. The molecule has 5 rings (SSSR count). The van der Waals surface area contributed by atoms with E-state index in [0.717, 1.165) is 22.5 Å². The van der Waals surface area contributed by atoms with Crippen LogP contribution in [-0.2, 0) is 28.7 Å². The van der Waals surface area contributed by atoms with E-state index in [2.05, 4.69) is 38.3 Å². The second kappa shape index (κ2) is 10.4. The van der Waals surface area contributed by atoms with E-state index in [1.165, 1.54) is 14.2 Å². The Morgan fingerprint density at radius 3 is 1.45 bits per heavy atom. The Bertz CT molecular complexity index is 1440. The first-order valence-electron chi connectivity index (χ1n) is 14.4. The number of benzene rings is 1. The Morgan fingerprint density at radius 2 is 1.10 bits per heavy atom. The van der Waals surface area contributed by atoms with Gasteiger partial charge in [0.1, 0.15) is 0 Å². The minimum atomic E-state index is -0.653. The summed E-state index contributed by atoms with van der Waals surface area (Å²) in [7, 11) is 2.67. The van der Waals surface area contributed by atoms with Gasteiger partial charge in [-0.05, 0) is 48.6 Å². The molecule has 0 saturated heterocycles. The average Bonchev–Trinajstić information content (AvgIpc) is 2.89. The standard InChI is InChI=1S/C34H40N2O6/c1-17-25(31(39)41-7)27(29-21(35-17)13-33(3,4)15-23(29)37)19-10-9-11-20(12-19)28-26(32(40)42-8)18(2)36-22-14-34(5,6)16-24(38)30(22)28/h9-12,27-28,35-36H,13-16H2,1-8H3. The number of carbonyl (C=O) groups is 4. The zero-order valence-corrected chi connectivity index (χ0v) is 25.7. The van der Waals surface area contributed by atoms with Crippen molar-refractivity contribution in [1.82, 2.24) is 10.6 Å². The van der Waals surface area contributed by atoms with Crippen LogP contribution in [0.5, 0.6) is 0 Å². The summed E-state index contributed by atoms with van der Waals surface area (Å²) in [5.74, 6) is -2.36. The van der Waals surface area contributed by atoms with E-state index in [9.17, 15) is 19.2 Å². The minimum Gasteiger partial charge on any atom is -0.466 e. The SMILES string of the molecule is COC(=O)C1=C(C)NC2=C(C(=O)CC(C)(C)C2)C1c1cccc(C2C(C(=O)OC)=C(C)NC3=C2C(=O)CC(C)(C)C3)c1. The number of dihydropyridines is 2. The fourth-order valence-corrected chi connectivity index (χ4v) is 7.22. The molecule has 42 heavy (non-hydrogen) atoms. The molecule has 8 nitrogen and oxygen atoms in total. The second-order valence-corrected chi connectivity index (χ2v) is 13.5. The van der Waals surface area contributed by atoms with Crippen LogP contribution in [0.25, 0.3) is 0 Å². The number of methoxy groups -OCH3 is 2. The number of rotatable bonds is 4. The highest BCUT2D eigenvalue weighted by atomic mass is 16.5. The van der Waals surface area contributed by atoms with Crippen molar-refractivity contribution < 1.29 is 28.7 Å². The van der Waals surface area contributed by atoms with Crippen molar-refractivity contribution >= 4 is 23.5 Å². The summed E-state index contributed by atoms with van der Waals surface area (Å²) in [5, 5.41) is 6.68. The first-order chi connectivity index (χ1) is 19.7. The molecule has 1 aromatic rings. The molecule has 2 N–H and O–H groups in total. The summed E-state index contributed by atoms with van der Waals surface area (Å²) in [5.41, 5.74) is 5.82. The van der Waals surface area contributed by atoms with Gasteiger partial charge in [0.05, 0.1) is 25.4 Å². The number of ether oxygens (including phenoxy) is 2. The lowest BCUT2D eigenvalue weighted by Crippen LogP contribution is -2.39. The van der Waals surface area contributed by atoms with Crippen molar-refractivity contribution in [2.24, 2.45) is 10.8 Å². The van der Waals surface area contributed by atoms with E-state index in [4.69, 9.17) is 9.47 Å². The highest BCUT2D eigenvalue weighted by molar-refractivity contribution is 6.05. The molecule has 2 aliphatic heterocycles. The summed E-state index contributed by atoms with van der Waals surface area (Å²) >= 11 is 0. The van der Waals surface area contributed by atoms with E-state index in [1.54, 1.807) is 0 Å². The van der Waals surface area contributed by atoms with Crippen molar-refractivity contribution in [3.8, 4) is 0 Å². The summed E-state index contributed by atoms with van der Waals surface area (Å²) in [4.78, 5) is 53.8. The molecular weight excluding hydrogens is 532 g/mol. The quantitative estimate of drug-likeness (QED) is 0.472. The molecule has 4 aliphatic rings. The van der Waals surface area contributed by atoms with Crippen molar-refractivity contribution in [2.45, 2.75) is 79.1 Å². The van der Waals surface area contributed by atoms with Crippen LogP contribution in [0.2, 0.25) is 0 Å². The predicted octanol–water partition coefficient (Wildman–Crippen LogP) is 5.24. The molecule has 8 heteroatoms. The van der Waals surface area contributed by atoms with Crippen LogP contribution in [0, 0.1) is 10.8 Å². The smallest absolute Gasteiger partial charge is 0.336 e. The molecule has 2 heterocycles. The number of nitrogens with one attached hydrogen (secondary N) is 2. The number of Topliss-reactive ketones (excluding diaryl/α,β-unsaturated/α-hetero) is 2. The minimum absolute atomic E-state index is 0.0133. The number of hydrogen-bond donors (Lipinski definition) is 2. The molecule has 0 bridgehead atoms. The lowest BCUT2D eigenvalue weighted by Gasteiger charge is -2.40. The van der Waals surface area contributed by atoms with Gasteiger partial charge in [0.2, 0.25) is 0 Å². The van der Waals surface area contributed by atoms with Gasteiger partial charge in [-0.1, -0.05) is 52.0 Å². The van der Waals surface area contributed by atoms with Gasteiger partial charge in [0, 0.05) is 58.6 Å². The van der Waals surface area contributed by atoms with Crippen LogP contribution in [0.15, 0.2) is 69.3 Å². The normalized spacial score (nSPS) is 25.0. The number of hydrogen-bond acceptors (Lipinski definition) is 8. The van der Waals surface area contributed by atoms with E-state index in [-0.39, 0.29) is 22.4 Å². The van der Waals surface area contributed by atoms with Crippen molar-refractivity contribution in [3.05, 3.63) is 80.5 Å². The molecule has 222 valence electrons. The van der Waals surface area contributed by atoms with Crippen molar-refractivity contribution in [3.63, 3.8) is 0 Å². The van der Waals surface area contributed by atoms with Gasteiger partial charge in [-0.25, -0.2) is 9.59 Å². The van der Waals surface area contributed by atoms with Gasteiger partial charge >= 0.3 is 11.9 Å². The van der Waals surface area contributed by atoms with Gasteiger partial charge in [-0.3, -0.25) is 9.59 Å². The van der Waals surface area contributed by atoms with E-state index in [0.29, 0.717) is 59.4 Å². The Morgan fingerprint density at radius 1 is 0.714 bits per heavy atom. The number of allylic oxidation sites excluding steroid dienone is 6. The molecule has 0 amide bonds. The Hall–Kier alpha value is -3.94. The molecule has 2 atom stereocenters. The second-order valence-electron chi connectivity index (χ2n) is 13.5. The molecule has 0 fully saturated rings. The van der Waals surface area contributed by atoms with Crippen LogP contribution in [0.3, 0.4) is 0 Å². The summed E-state index contributed by atoms with van der Waals surface area (Å²) in [6.45, 7) is 11.9. The van der Waals surface area contributed by atoms with Crippen LogP contribution >= 0.6 is 0 Å². The molecule has 0 spiro atoms. The van der Waals surface area contributed by atoms with Crippen molar-refractivity contribution in [1.29, 1.82) is 0 Å². The summed E-state index contributed by atoms with van der Waals surface area (Å²) in [6.07, 6.45) is 2.06. The van der Waals surface area contributed by atoms with Crippen molar-refractivity contribution in [2.75, 3.05) is 14.2 Å². The third kappa shape index (κ3) is 5.01. The monoisotopic (exact) mass is 572 g/mol. The molecule has 1 aromatic carbocycles. The van der Waals surface area contributed by atoms with Gasteiger partial charge in [-0.2, -0.15) is 0 Å². The van der Waals surface area contributed by atoms with Gasteiger partial charge in [0.25, 0.3) is 0 Å². The van der Waals surface area contributed by atoms with Crippen LogP contribution in [0.1, 0.15) is 90.2 Å². The van der Waals surface area contributed by atoms with Gasteiger partial charge in [-0.15, -0.1) is 0 Å². The van der Waals surface area contributed by atoms with Crippen LogP contribution in [-0.4, -0.2) is 37.7 Å². The maximum atomic E-state index is 13.7.